The summed E-state index contributed by atoms with van der Waals surface area (Å²) in [6.45, 7) is 4.21. The molecule has 0 aromatic heterocycles. The van der Waals surface area contributed by atoms with E-state index in [4.69, 9.17) is 0 Å². The molecule has 0 atom stereocenters. The molecule has 1 aliphatic heterocycles. The van der Waals surface area contributed by atoms with Gasteiger partial charge in [0.15, 0.2) is 0 Å². The van der Waals surface area contributed by atoms with Crippen molar-refractivity contribution in [2.24, 2.45) is 0 Å². The minimum Gasteiger partial charge on any atom is -0.356 e. The van der Waals surface area contributed by atoms with Crippen LogP contribution in [0.1, 0.15) is 73.1 Å². The van der Waals surface area contributed by atoms with Crippen molar-refractivity contribution in [1.29, 1.82) is 0 Å². The number of nitrogens with zero attached hydrogens (tertiary/aromatic N) is 1. The maximum Gasteiger partial charge on any atom is 0.220 e. The van der Waals surface area contributed by atoms with Crippen LogP contribution in [0.5, 0.6) is 0 Å². The summed E-state index contributed by atoms with van der Waals surface area (Å²) in [5, 5.41) is 3.21. The van der Waals surface area contributed by atoms with Gasteiger partial charge in [0.25, 0.3) is 0 Å². The van der Waals surface area contributed by atoms with Gasteiger partial charge in [0, 0.05) is 18.4 Å². The summed E-state index contributed by atoms with van der Waals surface area (Å²) in [6.07, 6.45) is 8.03. The summed E-state index contributed by atoms with van der Waals surface area (Å²) in [7, 11) is 0. The molecule has 1 saturated heterocycles. The third kappa shape index (κ3) is 8.20. The fourth-order valence-electron chi connectivity index (χ4n) is 6.81. The van der Waals surface area contributed by atoms with Crippen LogP contribution in [-0.2, 0) is 16.6 Å². The van der Waals surface area contributed by atoms with Gasteiger partial charge in [-0.15, -0.1) is 0 Å². The Morgan fingerprint density at radius 2 is 1.21 bits per heavy atom. The maximum absolute atomic E-state index is 12.6. The van der Waals surface area contributed by atoms with Crippen LogP contribution in [0.2, 0.25) is 0 Å². The average Bonchev–Trinajstić information content (AvgIpc) is 3.07. The molecule has 1 amide bonds. The van der Waals surface area contributed by atoms with E-state index in [0.29, 0.717) is 18.9 Å². The van der Waals surface area contributed by atoms with Crippen LogP contribution in [0, 0.1) is 0 Å². The Labute approximate surface area is 253 Å². The monoisotopic (exact) mass is 558 g/mol. The average molecular weight is 559 g/mol. The Morgan fingerprint density at radius 3 is 1.81 bits per heavy atom. The van der Waals surface area contributed by atoms with E-state index in [1.54, 1.807) is 0 Å². The topological polar surface area (TPSA) is 32.3 Å². The number of carbonyl (C=O) groups is 1. The summed E-state index contributed by atoms with van der Waals surface area (Å²) < 4.78 is 0. The van der Waals surface area contributed by atoms with Gasteiger partial charge >= 0.3 is 0 Å². The minimum absolute atomic E-state index is 0.0698. The van der Waals surface area contributed by atoms with Crippen LogP contribution in [0.25, 0.3) is 0 Å². The summed E-state index contributed by atoms with van der Waals surface area (Å²) in [4.78, 5) is 15.3. The molecule has 0 radical (unpaired) electrons. The van der Waals surface area contributed by atoms with Crippen molar-refractivity contribution in [2.45, 2.75) is 62.7 Å². The number of rotatable bonds is 14. The molecular weight excluding hydrogens is 512 g/mol. The summed E-state index contributed by atoms with van der Waals surface area (Å²) >= 11 is 0. The van der Waals surface area contributed by atoms with E-state index < -0.39 is 0 Å². The summed E-state index contributed by atoms with van der Waals surface area (Å²) in [6, 6.07) is 43.4. The molecule has 3 heteroatoms. The molecule has 0 unspecified atom stereocenters. The van der Waals surface area contributed by atoms with Crippen molar-refractivity contribution in [1.82, 2.24) is 10.2 Å². The van der Waals surface area contributed by atoms with Crippen LogP contribution in [0.15, 0.2) is 121 Å². The maximum atomic E-state index is 12.6. The number of hydrogen-bond acceptors (Lipinski definition) is 2. The third-order valence-corrected chi connectivity index (χ3v) is 9.18. The lowest BCUT2D eigenvalue weighted by Crippen LogP contribution is -2.35. The number of benzene rings is 4. The van der Waals surface area contributed by atoms with Crippen molar-refractivity contribution in [2.75, 3.05) is 26.2 Å². The number of nitrogens with one attached hydrogen (secondary N) is 1. The molecule has 4 aromatic carbocycles. The first-order chi connectivity index (χ1) is 20.7. The normalized spacial score (nSPS) is 14.5. The highest BCUT2D eigenvalue weighted by Gasteiger charge is 2.33. The predicted molar refractivity (Wildman–Crippen MR) is 175 cm³/mol. The quantitative estimate of drug-likeness (QED) is 0.158. The Hall–Kier alpha value is -3.69. The second-order valence-electron chi connectivity index (χ2n) is 11.9. The zero-order valence-electron chi connectivity index (χ0n) is 25.0. The second-order valence-corrected chi connectivity index (χ2v) is 11.9. The Balaban J connectivity index is 1.20. The molecule has 4 aromatic rings. The zero-order chi connectivity index (χ0) is 28.9. The van der Waals surface area contributed by atoms with Crippen molar-refractivity contribution < 1.29 is 4.79 Å². The van der Waals surface area contributed by atoms with E-state index in [9.17, 15) is 4.79 Å². The second kappa shape index (κ2) is 15.5. The summed E-state index contributed by atoms with van der Waals surface area (Å²) in [5.74, 6) is 0.834. The van der Waals surface area contributed by atoms with E-state index in [2.05, 4.69) is 113 Å². The molecule has 1 aliphatic rings. The first kappa shape index (κ1) is 29.8. The molecule has 42 heavy (non-hydrogen) atoms. The molecular formula is C39H46N2O. The van der Waals surface area contributed by atoms with Gasteiger partial charge in [-0.05, 0) is 92.8 Å². The number of amides is 1. The van der Waals surface area contributed by atoms with E-state index in [1.807, 2.05) is 18.2 Å². The van der Waals surface area contributed by atoms with Crippen molar-refractivity contribution in [3.8, 4) is 0 Å². The first-order valence-electron chi connectivity index (χ1n) is 15.9. The SMILES string of the molecule is O=C(CCc1ccccc1)NCCCC(CCCN1CCC(c2ccccc2)CC1)(c1ccccc1)c1ccccc1. The van der Waals surface area contributed by atoms with Crippen LogP contribution < -0.4 is 5.32 Å². The van der Waals surface area contributed by atoms with E-state index >= 15 is 0 Å². The van der Waals surface area contributed by atoms with Gasteiger partial charge in [-0.1, -0.05) is 121 Å². The van der Waals surface area contributed by atoms with Gasteiger partial charge in [-0.25, -0.2) is 0 Å². The molecule has 5 rings (SSSR count). The van der Waals surface area contributed by atoms with Crippen LogP contribution >= 0.6 is 0 Å². The Morgan fingerprint density at radius 1 is 0.690 bits per heavy atom. The van der Waals surface area contributed by atoms with Gasteiger partial charge in [0.2, 0.25) is 5.91 Å². The number of aryl methyl sites for hydroxylation is 1. The Kier molecular flexibility index (Phi) is 11.0. The van der Waals surface area contributed by atoms with Gasteiger partial charge in [0.05, 0.1) is 0 Å². The highest BCUT2D eigenvalue weighted by molar-refractivity contribution is 5.76. The zero-order valence-corrected chi connectivity index (χ0v) is 25.0. The van der Waals surface area contributed by atoms with Crippen LogP contribution in [0.4, 0.5) is 0 Å². The number of carbonyl (C=O) groups excluding carboxylic acids is 1. The van der Waals surface area contributed by atoms with E-state index in [1.165, 1.54) is 48.2 Å². The van der Waals surface area contributed by atoms with Gasteiger partial charge in [-0.3, -0.25) is 4.79 Å². The van der Waals surface area contributed by atoms with E-state index in [0.717, 1.165) is 38.6 Å². The first-order valence-corrected chi connectivity index (χ1v) is 15.9. The smallest absolute Gasteiger partial charge is 0.220 e. The van der Waals surface area contributed by atoms with Gasteiger partial charge in [0.1, 0.15) is 0 Å². The lowest BCUT2D eigenvalue weighted by Gasteiger charge is -2.37. The standard InChI is InChI=1S/C39H46N2O/c42-38(24-23-33-15-5-1-6-16-33)40-29-13-27-39(36-19-9-3-10-20-36,37-21-11-4-12-22-37)28-14-30-41-31-25-35(26-32-41)34-17-7-2-8-18-34/h1-12,15-22,35H,13-14,23-32H2,(H,40,42). The number of hydrogen-bond donors (Lipinski definition) is 1. The molecule has 0 spiro atoms. The molecule has 3 nitrogen and oxygen atoms in total. The highest BCUT2D eigenvalue weighted by Crippen LogP contribution is 2.41. The van der Waals surface area contributed by atoms with Crippen LogP contribution in [0.3, 0.4) is 0 Å². The molecule has 0 saturated carbocycles. The van der Waals surface area contributed by atoms with Gasteiger partial charge in [-0.2, -0.15) is 0 Å². The molecule has 0 bridgehead atoms. The highest BCUT2D eigenvalue weighted by atomic mass is 16.1. The minimum atomic E-state index is -0.0698. The molecule has 218 valence electrons. The lowest BCUT2D eigenvalue weighted by molar-refractivity contribution is -0.121. The van der Waals surface area contributed by atoms with Crippen molar-refractivity contribution in [3.05, 3.63) is 144 Å². The van der Waals surface area contributed by atoms with Gasteiger partial charge < -0.3 is 10.2 Å². The number of likely N-dealkylation sites (tertiary alicyclic amines) is 1. The van der Waals surface area contributed by atoms with Crippen LogP contribution in [-0.4, -0.2) is 37.0 Å². The summed E-state index contributed by atoms with van der Waals surface area (Å²) in [5.41, 5.74) is 5.41. The Bertz CT molecular complexity index is 1280. The van der Waals surface area contributed by atoms with Crippen molar-refractivity contribution in [3.63, 3.8) is 0 Å². The predicted octanol–water partition coefficient (Wildman–Crippen LogP) is 8.16. The molecule has 1 heterocycles. The molecule has 1 fully saturated rings. The lowest BCUT2D eigenvalue weighted by atomic mass is 9.68. The third-order valence-electron chi connectivity index (χ3n) is 9.18. The van der Waals surface area contributed by atoms with E-state index in [-0.39, 0.29) is 11.3 Å². The fourth-order valence-corrected chi connectivity index (χ4v) is 6.81. The molecule has 0 aliphatic carbocycles. The largest absolute Gasteiger partial charge is 0.356 e. The number of piperidine rings is 1. The van der Waals surface area contributed by atoms with Crippen molar-refractivity contribution >= 4 is 5.91 Å². The molecule has 1 N–H and O–H groups in total. The fraction of sp³-hybridized carbons (Fsp3) is 0.359.